The molecule has 82 valence electrons. The number of aliphatic hydroxyl groups is 1. The summed E-state index contributed by atoms with van der Waals surface area (Å²) in [6.07, 6.45) is -0.785. The second-order valence-corrected chi connectivity index (χ2v) is 4.80. The zero-order valence-corrected chi connectivity index (χ0v) is 9.28. The van der Waals surface area contributed by atoms with Crippen LogP contribution in [-0.4, -0.2) is 48.3 Å². The number of methoxy groups -OCH3 is 1. The van der Waals surface area contributed by atoms with E-state index in [1.165, 1.54) is 0 Å². The number of hydrogen-bond donors (Lipinski definition) is 1. The average Bonchev–Trinajstić information content (AvgIpc) is 2.43. The first kappa shape index (κ1) is 11.5. The van der Waals surface area contributed by atoms with Crippen LogP contribution in [0.5, 0.6) is 0 Å². The van der Waals surface area contributed by atoms with E-state index in [4.69, 9.17) is 4.74 Å². The highest BCUT2D eigenvalue weighted by molar-refractivity contribution is 5.81. The van der Waals surface area contributed by atoms with Gasteiger partial charge in [0.15, 0.2) is 0 Å². The molecule has 4 heteroatoms. The molecule has 1 aliphatic rings. The first-order valence-corrected chi connectivity index (χ1v) is 4.86. The molecule has 1 N–H and O–H groups in total. The van der Waals surface area contributed by atoms with E-state index in [1.54, 1.807) is 12.0 Å². The second-order valence-electron chi connectivity index (χ2n) is 4.80. The summed E-state index contributed by atoms with van der Waals surface area (Å²) < 4.78 is 5.07. The molecule has 0 bridgehead atoms. The average molecular weight is 201 g/mol. The molecule has 4 nitrogen and oxygen atoms in total. The minimum atomic E-state index is -0.550. The summed E-state index contributed by atoms with van der Waals surface area (Å²) in [7, 11) is 1.55. The van der Waals surface area contributed by atoms with Gasteiger partial charge in [-0.25, -0.2) is 0 Å². The van der Waals surface area contributed by atoms with Gasteiger partial charge in [-0.1, -0.05) is 20.8 Å². The molecule has 1 aliphatic heterocycles. The third-order valence-electron chi connectivity index (χ3n) is 2.47. The Hall–Kier alpha value is -0.610. The predicted octanol–water partition coefficient (Wildman–Crippen LogP) is 0.251. The molecule has 0 aromatic rings. The van der Waals surface area contributed by atoms with E-state index in [0.29, 0.717) is 13.1 Å². The van der Waals surface area contributed by atoms with Crippen molar-refractivity contribution in [2.45, 2.75) is 33.0 Å². The molecule has 1 fully saturated rings. The molecule has 0 aliphatic carbocycles. The van der Waals surface area contributed by atoms with E-state index in [0.717, 1.165) is 0 Å². The Morgan fingerprint density at radius 3 is 2.36 bits per heavy atom. The maximum absolute atomic E-state index is 11.8. The Labute approximate surface area is 84.8 Å². The summed E-state index contributed by atoms with van der Waals surface area (Å²) in [6.45, 7) is 6.51. The van der Waals surface area contributed by atoms with Crippen molar-refractivity contribution < 1.29 is 14.6 Å². The Morgan fingerprint density at radius 2 is 2.00 bits per heavy atom. The van der Waals surface area contributed by atoms with E-state index in [9.17, 15) is 9.90 Å². The fourth-order valence-electron chi connectivity index (χ4n) is 1.63. The van der Waals surface area contributed by atoms with Gasteiger partial charge in [-0.2, -0.15) is 0 Å². The minimum absolute atomic E-state index is 0.0658. The summed E-state index contributed by atoms with van der Waals surface area (Å²) in [5, 5.41) is 9.56. The van der Waals surface area contributed by atoms with Crippen LogP contribution >= 0.6 is 0 Å². The quantitative estimate of drug-likeness (QED) is 0.661. The number of aliphatic hydroxyl groups excluding tert-OH is 1. The smallest absolute Gasteiger partial charge is 0.228 e. The van der Waals surface area contributed by atoms with Crippen molar-refractivity contribution in [3.05, 3.63) is 0 Å². The van der Waals surface area contributed by atoms with Crippen molar-refractivity contribution in [1.29, 1.82) is 0 Å². The van der Waals surface area contributed by atoms with Crippen molar-refractivity contribution in [2.24, 2.45) is 5.41 Å². The molecule has 0 saturated carbocycles. The maximum Gasteiger partial charge on any atom is 0.228 e. The monoisotopic (exact) mass is 201 g/mol. The first-order valence-electron chi connectivity index (χ1n) is 4.86. The van der Waals surface area contributed by atoms with Crippen LogP contribution in [0.2, 0.25) is 0 Å². The number of amides is 1. The topological polar surface area (TPSA) is 49.8 Å². The molecular weight excluding hydrogens is 182 g/mol. The number of likely N-dealkylation sites (tertiary alicyclic amines) is 1. The van der Waals surface area contributed by atoms with Gasteiger partial charge in [0.2, 0.25) is 5.91 Å². The number of nitrogens with zero attached hydrogens (tertiary/aromatic N) is 1. The van der Waals surface area contributed by atoms with Crippen LogP contribution in [-0.2, 0) is 9.53 Å². The summed E-state index contributed by atoms with van der Waals surface area (Å²) in [5.41, 5.74) is -0.387. The predicted molar refractivity (Wildman–Crippen MR) is 52.8 cm³/mol. The van der Waals surface area contributed by atoms with Crippen LogP contribution in [0, 0.1) is 5.41 Å². The third-order valence-corrected chi connectivity index (χ3v) is 2.47. The Bertz CT molecular complexity index is 222. The molecule has 0 spiro atoms. The molecule has 1 amide bonds. The van der Waals surface area contributed by atoms with E-state index in [2.05, 4.69) is 0 Å². The highest BCUT2D eigenvalue weighted by Gasteiger charge is 2.37. The summed E-state index contributed by atoms with van der Waals surface area (Å²) >= 11 is 0. The Kier molecular flexibility index (Phi) is 3.17. The third kappa shape index (κ3) is 2.25. The van der Waals surface area contributed by atoms with E-state index in [-0.39, 0.29) is 17.4 Å². The molecule has 0 aromatic heterocycles. The van der Waals surface area contributed by atoms with Crippen molar-refractivity contribution in [3.63, 3.8) is 0 Å². The first-order chi connectivity index (χ1) is 6.36. The standard InChI is InChI=1S/C10H19NO3/c1-10(2,3)9(13)11-5-7(12)8(6-11)14-4/h7-8,12H,5-6H2,1-4H3/t7-,8-/m1/s1. The Balaban J connectivity index is 2.62. The molecule has 0 aromatic carbocycles. The lowest BCUT2D eigenvalue weighted by Crippen LogP contribution is -2.38. The largest absolute Gasteiger partial charge is 0.388 e. The lowest BCUT2D eigenvalue weighted by Gasteiger charge is -2.25. The molecule has 1 rings (SSSR count). The number of β-amino-alcohol motifs (C(OH)–C–C–N with tert-alkyl or cyclic N) is 1. The minimum Gasteiger partial charge on any atom is -0.388 e. The lowest BCUT2D eigenvalue weighted by molar-refractivity contribution is -0.138. The van der Waals surface area contributed by atoms with Crippen LogP contribution in [0.25, 0.3) is 0 Å². The molecule has 2 atom stereocenters. The molecular formula is C10H19NO3. The molecule has 14 heavy (non-hydrogen) atoms. The highest BCUT2D eigenvalue weighted by Crippen LogP contribution is 2.22. The summed E-state index contributed by atoms with van der Waals surface area (Å²) in [6, 6.07) is 0. The van der Waals surface area contributed by atoms with Gasteiger partial charge in [0.25, 0.3) is 0 Å². The van der Waals surface area contributed by atoms with Gasteiger partial charge in [0.1, 0.15) is 6.10 Å². The number of carbonyl (C=O) groups excluding carboxylic acids is 1. The zero-order valence-electron chi connectivity index (χ0n) is 9.28. The maximum atomic E-state index is 11.8. The number of hydrogen-bond acceptors (Lipinski definition) is 3. The molecule has 1 heterocycles. The SMILES string of the molecule is CO[C@@H]1CN(C(=O)C(C)(C)C)C[C@H]1O. The molecule has 0 unspecified atom stereocenters. The van der Waals surface area contributed by atoms with Gasteiger partial charge < -0.3 is 14.7 Å². The fraction of sp³-hybridized carbons (Fsp3) is 0.900. The summed E-state index contributed by atoms with van der Waals surface area (Å²) in [4.78, 5) is 13.5. The Morgan fingerprint density at radius 1 is 1.43 bits per heavy atom. The van der Waals surface area contributed by atoms with E-state index < -0.39 is 6.10 Å². The second kappa shape index (κ2) is 3.87. The molecule has 0 radical (unpaired) electrons. The number of ether oxygens (including phenoxy) is 1. The van der Waals surface area contributed by atoms with Crippen LogP contribution < -0.4 is 0 Å². The van der Waals surface area contributed by atoms with Gasteiger partial charge in [0.05, 0.1) is 6.10 Å². The van der Waals surface area contributed by atoms with Gasteiger partial charge >= 0.3 is 0 Å². The fourth-order valence-corrected chi connectivity index (χ4v) is 1.63. The van der Waals surface area contributed by atoms with Crippen LogP contribution in [0.4, 0.5) is 0 Å². The number of carbonyl (C=O) groups is 1. The number of rotatable bonds is 1. The van der Waals surface area contributed by atoms with Gasteiger partial charge in [-0.3, -0.25) is 4.79 Å². The lowest BCUT2D eigenvalue weighted by atomic mass is 9.95. The van der Waals surface area contributed by atoms with E-state index >= 15 is 0 Å². The molecule has 1 saturated heterocycles. The van der Waals surface area contributed by atoms with Crippen molar-refractivity contribution in [1.82, 2.24) is 4.90 Å². The van der Waals surface area contributed by atoms with Crippen molar-refractivity contribution in [2.75, 3.05) is 20.2 Å². The van der Waals surface area contributed by atoms with Crippen LogP contribution in [0.15, 0.2) is 0 Å². The highest BCUT2D eigenvalue weighted by atomic mass is 16.5. The van der Waals surface area contributed by atoms with Crippen LogP contribution in [0.1, 0.15) is 20.8 Å². The van der Waals surface area contributed by atoms with Gasteiger partial charge in [-0.15, -0.1) is 0 Å². The summed E-state index contributed by atoms with van der Waals surface area (Å²) in [5.74, 6) is 0.0658. The normalized spacial score (nSPS) is 28.2. The zero-order chi connectivity index (χ0) is 10.9. The van der Waals surface area contributed by atoms with Crippen molar-refractivity contribution in [3.8, 4) is 0 Å². The van der Waals surface area contributed by atoms with Gasteiger partial charge in [-0.05, 0) is 0 Å². The van der Waals surface area contributed by atoms with Gasteiger partial charge in [0, 0.05) is 25.6 Å². The van der Waals surface area contributed by atoms with E-state index in [1.807, 2.05) is 20.8 Å². The van der Waals surface area contributed by atoms with Crippen LogP contribution in [0.3, 0.4) is 0 Å². The van der Waals surface area contributed by atoms with Crippen molar-refractivity contribution >= 4 is 5.91 Å².